The summed E-state index contributed by atoms with van der Waals surface area (Å²) in [6, 6.07) is 12.0. The second kappa shape index (κ2) is 7.11. The Morgan fingerprint density at radius 3 is 2.03 bits per heavy atom. The van der Waals surface area contributed by atoms with Gasteiger partial charge in [-0.3, -0.25) is 19.3 Å². The predicted molar refractivity (Wildman–Crippen MR) is 103 cm³/mol. The van der Waals surface area contributed by atoms with Crippen molar-refractivity contribution in [2.45, 2.75) is 23.7 Å². The molecule has 0 saturated heterocycles. The van der Waals surface area contributed by atoms with Crippen LogP contribution in [-0.2, 0) is 14.6 Å². The molecule has 1 saturated carbocycles. The van der Waals surface area contributed by atoms with Crippen molar-refractivity contribution in [3.8, 4) is 0 Å². The van der Waals surface area contributed by atoms with E-state index in [2.05, 4.69) is 0 Å². The van der Waals surface area contributed by atoms with E-state index in [1.165, 1.54) is 36.4 Å². The number of rotatable bonds is 7. The van der Waals surface area contributed by atoms with Crippen molar-refractivity contribution in [2.75, 3.05) is 12.3 Å². The van der Waals surface area contributed by atoms with Crippen molar-refractivity contribution < 1.29 is 27.9 Å². The SMILES string of the molecule is O=C(O)C(CN1C(=O)c2ccccc2C1=O)c1ccc(S(=O)(=O)CC2CC2)cc1. The molecule has 0 bridgehead atoms. The van der Waals surface area contributed by atoms with Gasteiger partial charge in [-0.15, -0.1) is 0 Å². The van der Waals surface area contributed by atoms with Crippen LogP contribution in [0.15, 0.2) is 53.4 Å². The number of carboxylic acid groups (broad SMARTS) is 1. The quantitative estimate of drug-likeness (QED) is 0.698. The van der Waals surface area contributed by atoms with Crippen LogP contribution in [0.2, 0.25) is 0 Å². The van der Waals surface area contributed by atoms with Crippen LogP contribution in [0, 0.1) is 5.92 Å². The summed E-state index contributed by atoms with van der Waals surface area (Å²) in [5.74, 6) is -3.10. The van der Waals surface area contributed by atoms with Crippen LogP contribution in [0.25, 0.3) is 0 Å². The van der Waals surface area contributed by atoms with Gasteiger partial charge in [-0.25, -0.2) is 8.42 Å². The third-order valence-electron chi connectivity index (χ3n) is 5.34. The molecule has 150 valence electrons. The summed E-state index contributed by atoms with van der Waals surface area (Å²) in [6.45, 7) is -0.324. The molecule has 1 N–H and O–H groups in total. The van der Waals surface area contributed by atoms with Gasteiger partial charge >= 0.3 is 5.97 Å². The lowest BCUT2D eigenvalue weighted by Gasteiger charge is -2.20. The van der Waals surface area contributed by atoms with Crippen LogP contribution < -0.4 is 0 Å². The summed E-state index contributed by atoms with van der Waals surface area (Å²) >= 11 is 0. The lowest BCUT2D eigenvalue weighted by atomic mass is 9.98. The van der Waals surface area contributed by atoms with Crippen LogP contribution in [-0.4, -0.2) is 48.5 Å². The maximum absolute atomic E-state index is 12.5. The van der Waals surface area contributed by atoms with Gasteiger partial charge in [-0.2, -0.15) is 0 Å². The number of hydrogen-bond donors (Lipinski definition) is 1. The Hall–Kier alpha value is -3.00. The van der Waals surface area contributed by atoms with Crippen molar-refractivity contribution in [1.29, 1.82) is 0 Å². The third-order valence-corrected chi connectivity index (χ3v) is 7.24. The average Bonchev–Trinajstić information content (AvgIpc) is 3.47. The van der Waals surface area contributed by atoms with E-state index in [0.717, 1.165) is 17.7 Å². The van der Waals surface area contributed by atoms with Gasteiger partial charge in [0.25, 0.3) is 11.8 Å². The second-order valence-corrected chi connectivity index (χ2v) is 9.49. The highest BCUT2D eigenvalue weighted by molar-refractivity contribution is 7.91. The number of hydrogen-bond acceptors (Lipinski definition) is 5. The van der Waals surface area contributed by atoms with Crippen LogP contribution in [0.3, 0.4) is 0 Å². The minimum atomic E-state index is -3.40. The number of fused-ring (bicyclic) bond motifs is 1. The third kappa shape index (κ3) is 3.67. The monoisotopic (exact) mass is 413 g/mol. The van der Waals surface area contributed by atoms with Gasteiger partial charge in [0.1, 0.15) is 0 Å². The van der Waals surface area contributed by atoms with Crippen molar-refractivity contribution in [2.24, 2.45) is 5.92 Å². The molecule has 8 heteroatoms. The van der Waals surface area contributed by atoms with Gasteiger partial charge in [0.2, 0.25) is 0 Å². The lowest BCUT2D eigenvalue weighted by molar-refractivity contribution is -0.138. The number of imide groups is 1. The van der Waals surface area contributed by atoms with E-state index in [-0.39, 0.29) is 34.2 Å². The van der Waals surface area contributed by atoms with Crippen molar-refractivity contribution in [3.63, 3.8) is 0 Å². The molecule has 1 aliphatic carbocycles. The number of amides is 2. The first-order valence-corrected chi connectivity index (χ1v) is 10.9. The largest absolute Gasteiger partial charge is 0.481 e. The highest BCUT2D eigenvalue weighted by Gasteiger charge is 2.38. The van der Waals surface area contributed by atoms with Gasteiger partial charge in [0.15, 0.2) is 9.84 Å². The molecule has 0 aromatic heterocycles. The highest BCUT2D eigenvalue weighted by Crippen LogP contribution is 2.33. The Balaban J connectivity index is 1.56. The Labute approximate surface area is 167 Å². The van der Waals surface area contributed by atoms with Crippen molar-refractivity contribution in [3.05, 3.63) is 65.2 Å². The maximum atomic E-state index is 12.5. The lowest BCUT2D eigenvalue weighted by Crippen LogP contribution is -2.36. The number of carboxylic acids is 1. The zero-order chi connectivity index (χ0) is 20.8. The zero-order valence-electron chi connectivity index (χ0n) is 15.4. The first kappa shape index (κ1) is 19.3. The van der Waals surface area contributed by atoms with E-state index in [0.29, 0.717) is 5.56 Å². The minimum absolute atomic E-state index is 0.101. The molecule has 7 nitrogen and oxygen atoms in total. The molecule has 1 atom stereocenters. The van der Waals surface area contributed by atoms with E-state index in [9.17, 15) is 27.9 Å². The normalized spacial score (nSPS) is 17.3. The standard InChI is InChI=1S/C21H19NO6S/c23-19-16-3-1-2-4-17(16)20(24)22(19)11-18(21(25)26)14-7-9-15(10-8-14)29(27,28)12-13-5-6-13/h1-4,7-10,13,18H,5-6,11-12H2,(H,25,26). The Morgan fingerprint density at radius 2 is 1.55 bits per heavy atom. The molecular weight excluding hydrogens is 394 g/mol. The first-order valence-electron chi connectivity index (χ1n) is 9.28. The first-order chi connectivity index (χ1) is 13.8. The smallest absolute Gasteiger partial charge is 0.312 e. The van der Waals surface area contributed by atoms with E-state index in [1.807, 2.05) is 0 Å². The number of nitrogens with zero attached hydrogens (tertiary/aromatic N) is 1. The van der Waals surface area contributed by atoms with Gasteiger partial charge in [-0.1, -0.05) is 24.3 Å². The average molecular weight is 413 g/mol. The Kier molecular flexibility index (Phi) is 4.74. The number of aliphatic carboxylic acids is 1. The van der Waals surface area contributed by atoms with Crippen LogP contribution in [0.5, 0.6) is 0 Å². The number of carbonyl (C=O) groups excluding carboxylic acids is 2. The van der Waals surface area contributed by atoms with Crippen LogP contribution >= 0.6 is 0 Å². The van der Waals surface area contributed by atoms with E-state index >= 15 is 0 Å². The summed E-state index contributed by atoms with van der Waals surface area (Å²) < 4.78 is 24.7. The summed E-state index contributed by atoms with van der Waals surface area (Å²) in [5.41, 5.74) is 0.839. The van der Waals surface area contributed by atoms with Gasteiger partial charge in [0, 0.05) is 6.54 Å². The predicted octanol–water partition coefficient (Wildman–Crippen LogP) is 2.33. The van der Waals surface area contributed by atoms with Gasteiger partial charge in [0.05, 0.1) is 27.7 Å². The van der Waals surface area contributed by atoms with E-state index < -0.39 is 33.5 Å². The molecule has 29 heavy (non-hydrogen) atoms. The fraction of sp³-hybridized carbons (Fsp3) is 0.286. The van der Waals surface area contributed by atoms with E-state index in [4.69, 9.17) is 0 Å². The van der Waals surface area contributed by atoms with Gasteiger partial charge in [-0.05, 0) is 48.6 Å². The fourth-order valence-corrected chi connectivity index (χ4v) is 5.21. The highest BCUT2D eigenvalue weighted by atomic mass is 32.2. The minimum Gasteiger partial charge on any atom is -0.481 e. The summed E-state index contributed by atoms with van der Waals surface area (Å²) in [7, 11) is -3.40. The molecular formula is C21H19NO6S. The molecule has 2 aliphatic rings. The summed E-state index contributed by atoms with van der Waals surface area (Å²) in [6.07, 6.45) is 1.83. The van der Waals surface area contributed by atoms with Crippen molar-refractivity contribution in [1.82, 2.24) is 4.90 Å². The topological polar surface area (TPSA) is 109 Å². The molecule has 1 heterocycles. The molecule has 2 aromatic carbocycles. The Morgan fingerprint density at radius 1 is 1.00 bits per heavy atom. The van der Waals surface area contributed by atoms with E-state index in [1.54, 1.807) is 12.1 Å². The second-order valence-electron chi connectivity index (χ2n) is 7.45. The molecule has 0 radical (unpaired) electrons. The number of sulfone groups is 1. The molecule has 1 fully saturated rings. The molecule has 4 rings (SSSR count). The summed E-state index contributed by atoms with van der Waals surface area (Å²) in [4.78, 5) is 38.0. The fourth-order valence-electron chi connectivity index (χ4n) is 3.51. The molecule has 0 spiro atoms. The Bertz CT molecular complexity index is 1070. The molecule has 2 aromatic rings. The van der Waals surface area contributed by atoms with Crippen LogP contribution in [0.1, 0.15) is 45.0 Å². The zero-order valence-corrected chi connectivity index (χ0v) is 16.3. The number of carbonyl (C=O) groups is 3. The van der Waals surface area contributed by atoms with Crippen LogP contribution in [0.4, 0.5) is 0 Å². The maximum Gasteiger partial charge on any atom is 0.312 e. The number of benzene rings is 2. The van der Waals surface area contributed by atoms with Gasteiger partial charge < -0.3 is 5.11 Å². The molecule has 1 aliphatic heterocycles. The van der Waals surface area contributed by atoms with Crippen molar-refractivity contribution >= 4 is 27.6 Å². The molecule has 2 amide bonds. The molecule has 1 unspecified atom stereocenters. The summed E-state index contributed by atoms with van der Waals surface area (Å²) in [5, 5.41) is 9.67.